The van der Waals surface area contributed by atoms with Crippen molar-refractivity contribution in [1.29, 1.82) is 0 Å². The van der Waals surface area contributed by atoms with Gasteiger partial charge in [0.05, 0.1) is 36.3 Å². The zero-order valence-corrected chi connectivity index (χ0v) is 26.2. The molecule has 9 nitrogen and oxygen atoms in total. The highest BCUT2D eigenvalue weighted by Crippen LogP contribution is 2.34. The first-order valence-electron chi connectivity index (χ1n) is 13.8. The van der Waals surface area contributed by atoms with E-state index in [0.717, 1.165) is 10.6 Å². The summed E-state index contributed by atoms with van der Waals surface area (Å²) in [4.78, 5) is 21.9. The summed E-state index contributed by atoms with van der Waals surface area (Å²) in [6, 6.07) is 5.84. The molecule has 11 heteroatoms. The Hall–Kier alpha value is -2.89. The molecule has 0 aliphatic carbocycles. The Bertz CT molecular complexity index is 1370. The standard InChI is InChI=1S/C30H42FN3O6S/c1-10-29(4,5)40-25(35)18-23-17-22(38-30(6,7)39-23)15-16-24-26(19(2)3)32-28(34(8)41(9,36)37)33-27(24)20-11-13-21(31)14-12-20/h11-16,19,22-23H,10,17-18H2,1-9H3/b16-15+/t22-,23-/m1/s1. The summed E-state index contributed by atoms with van der Waals surface area (Å²) in [5, 5.41) is 0. The van der Waals surface area contributed by atoms with Gasteiger partial charge in [-0.15, -0.1) is 0 Å². The second-order valence-corrected chi connectivity index (χ2v) is 13.8. The average molecular weight is 592 g/mol. The number of carbonyl (C=O) groups excluding carboxylic acids is 1. The average Bonchev–Trinajstić information content (AvgIpc) is 2.85. The second kappa shape index (κ2) is 12.5. The van der Waals surface area contributed by atoms with Crippen LogP contribution in [-0.4, -0.2) is 61.3 Å². The quantitative estimate of drug-likeness (QED) is 0.317. The predicted octanol–water partition coefficient (Wildman–Crippen LogP) is 5.85. The molecule has 0 amide bonds. The van der Waals surface area contributed by atoms with Crippen molar-refractivity contribution in [3.05, 3.63) is 47.4 Å². The molecule has 0 unspecified atom stereocenters. The van der Waals surface area contributed by atoms with Crippen LogP contribution in [0.1, 0.15) is 84.9 Å². The van der Waals surface area contributed by atoms with Crippen LogP contribution in [0.4, 0.5) is 10.3 Å². The van der Waals surface area contributed by atoms with E-state index >= 15 is 0 Å². The first-order valence-corrected chi connectivity index (χ1v) is 15.6. The molecule has 226 valence electrons. The van der Waals surface area contributed by atoms with E-state index in [2.05, 4.69) is 9.97 Å². The molecule has 1 saturated heterocycles. The summed E-state index contributed by atoms with van der Waals surface area (Å²) in [5.41, 5.74) is 1.78. The maximum absolute atomic E-state index is 13.8. The number of hydrogen-bond donors (Lipinski definition) is 0. The molecule has 0 saturated carbocycles. The molecule has 1 aliphatic heterocycles. The van der Waals surface area contributed by atoms with Gasteiger partial charge in [0, 0.05) is 24.6 Å². The molecule has 0 spiro atoms. The lowest BCUT2D eigenvalue weighted by Gasteiger charge is -2.40. The molecule has 1 fully saturated rings. The summed E-state index contributed by atoms with van der Waals surface area (Å²) in [6.45, 7) is 13.2. The lowest BCUT2D eigenvalue weighted by molar-refractivity contribution is -0.290. The summed E-state index contributed by atoms with van der Waals surface area (Å²) in [6.07, 6.45) is 5.17. The third-order valence-electron chi connectivity index (χ3n) is 6.90. The van der Waals surface area contributed by atoms with Crippen molar-refractivity contribution in [2.45, 2.75) is 97.2 Å². The van der Waals surface area contributed by atoms with Crippen LogP contribution in [0.2, 0.25) is 0 Å². The van der Waals surface area contributed by atoms with Crippen LogP contribution in [0, 0.1) is 5.82 Å². The van der Waals surface area contributed by atoms with Crippen LogP contribution in [-0.2, 0) is 29.0 Å². The van der Waals surface area contributed by atoms with Crippen molar-refractivity contribution in [3.63, 3.8) is 0 Å². The highest BCUT2D eigenvalue weighted by Gasteiger charge is 2.36. The van der Waals surface area contributed by atoms with E-state index in [0.29, 0.717) is 35.4 Å². The number of hydrogen-bond acceptors (Lipinski definition) is 8. The third kappa shape index (κ3) is 8.80. The first kappa shape index (κ1) is 32.6. The van der Waals surface area contributed by atoms with Gasteiger partial charge < -0.3 is 14.2 Å². The van der Waals surface area contributed by atoms with E-state index in [1.807, 2.05) is 46.8 Å². The number of ether oxygens (including phenoxy) is 3. The molecule has 0 bridgehead atoms. The molecule has 2 atom stereocenters. The molecule has 1 aliphatic rings. The SMILES string of the molecule is CCC(C)(C)OC(=O)C[C@H]1C[C@@H](/C=C/c2c(-c3ccc(F)cc3)nc(N(C)S(C)(=O)=O)nc2C(C)C)OC(C)(C)O1. The van der Waals surface area contributed by atoms with Gasteiger partial charge in [0.1, 0.15) is 11.4 Å². The van der Waals surface area contributed by atoms with Crippen LogP contribution >= 0.6 is 0 Å². The fraction of sp³-hybridized carbons (Fsp3) is 0.567. The van der Waals surface area contributed by atoms with Gasteiger partial charge in [-0.2, -0.15) is 0 Å². The largest absolute Gasteiger partial charge is 0.460 e. The predicted molar refractivity (Wildman–Crippen MR) is 157 cm³/mol. The number of halogens is 1. The van der Waals surface area contributed by atoms with Crippen LogP contribution in [0.5, 0.6) is 0 Å². The molecular weight excluding hydrogens is 549 g/mol. The zero-order valence-electron chi connectivity index (χ0n) is 25.4. The number of carbonyl (C=O) groups is 1. The number of esters is 1. The number of rotatable bonds is 10. The fourth-order valence-corrected chi connectivity index (χ4v) is 4.78. The molecule has 41 heavy (non-hydrogen) atoms. The lowest BCUT2D eigenvalue weighted by atomic mass is 9.97. The van der Waals surface area contributed by atoms with Gasteiger partial charge in [-0.25, -0.2) is 27.1 Å². The van der Waals surface area contributed by atoms with E-state index < -0.39 is 39.4 Å². The maximum atomic E-state index is 13.8. The van der Waals surface area contributed by atoms with Gasteiger partial charge in [0.25, 0.3) is 0 Å². The fourth-order valence-electron chi connectivity index (χ4n) is 4.40. The van der Waals surface area contributed by atoms with Gasteiger partial charge in [-0.3, -0.25) is 4.79 Å². The van der Waals surface area contributed by atoms with Gasteiger partial charge in [0.15, 0.2) is 5.79 Å². The van der Waals surface area contributed by atoms with E-state index in [1.165, 1.54) is 19.2 Å². The summed E-state index contributed by atoms with van der Waals surface area (Å²) < 4.78 is 57.2. The van der Waals surface area contributed by atoms with Gasteiger partial charge in [-0.1, -0.05) is 32.9 Å². The molecule has 0 N–H and O–H groups in total. The molecule has 3 rings (SSSR count). The molecule has 2 aromatic rings. The number of nitrogens with zero attached hydrogens (tertiary/aromatic N) is 3. The van der Waals surface area contributed by atoms with E-state index in [4.69, 9.17) is 14.2 Å². The van der Waals surface area contributed by atoms with Crippen molar-refractivity contribution in [1.82, 2.24) is 9.97 Å². The van der Waals surface area contributed by atoms with Gasteiger partial charge in [-0.05, 0) is 64.3 Å². The lowest BCUT2D eigenvalue weighted by Crippen LogP contribution is -2.45. The smallest absolute Gasteiger partial charge is 0.308 e. The van der Waals surface area contributed by atoms with Crippen LogP contribution < -0.4 is 4.31 Å². The summed E-state index contributed by atoms with van der Waals surface area (Å²) in [5.74, 6) is -1.76. The Morgan fingerprint density at radius 1 is 1.22 bits per heavy atom. The minimum atomic E-state index is -3.63. The topological polar surface area (TPSA) is 108 Å². The maximum Gasteiger partial charge on any atom is 0.308 e. The molecule has 1 aromatic heterocycles. The molecular formula is C30H42FN3O6S. The highest BCUT2D eigenvalue weighted by molar-refractivity contribution is 7.92. The zero-order chi connectivity index (χ0) is 30.8. The monoisotopic (exact) mass is 591 g/mol. The van der Waals surface area contributed by atoms with Crippen molar-refractivity contribution >= 4 is 28.0 Å². The Morgan fingerprint density at radius 3 is 2.41 bits per heavy atom. The summed E-state index contributed by atoms with van der Waals surface area (Å²) >= 11 is 0. The van der Waals surface area contributed by atoms with Crippen LogP contribution in [0.3, 0.4) is 0 Å². The normalized spacial score (nSPS) is 19.5. The van der Waals surface area contributed by atoms with E-state index in [1.54, 1.807) is 26.0 Å². The van der Waals surface area contributed by atoms with Crippen molar-refractivity contribution in [2.75, 3.05) is 17.6 Å². The van der Waals surface area contributed by atoms with Crippen molar-refractivity contribution < 1.29 is 31.8 Å². The first-order chi connectivity index (χ1) is 18.9. The van der Waals surface area contributed by atoms with Crippen LogP contribution in [0.25, 0.3) is 17.3 Å². The number of benzene rings is 1. The Labute approximate surface area is 243 Å². The molecule has 2 heterocycles. The van der Waals surface area contributed by atoms with Crippen molar-refractivity contribution in [2.24, 2.45) is 0 Å². The number of aromatic nitrogens is 2. The van der Waals surface area contributed by atoms with Crippen molar-refractivity contribution in [3.8, 4) is 11.3 Å². The number of anilines is 1. The van der Waals surface area contributed by atoms with Gasteiger partial charge >= 0.3 is 5.97 Å². The minimum Gasteiger partial charge on any atom is -0.460 e. The Kier molecular flexibility index (Phi) is 9.98. The van der Waals surface area contributed by atoms with Crippen LogP contribution in [0.15, 0.2) is 30.3 Å². The second-order valence-electron chi connectivity index (χ2n) is 11.7. The third-order valence-corrected chi connectivity index (χ3v) is 8.06. The molecule has 1 aromatic carbocycles. The summed E-state index contributed by atoms with van der Waals surface area (Å²) in [7, 11) is -2.24. The molecule has 0 radical (unpaired) electrons. The Morgan fingerprint density at radius 2 is 1.85 bits per heavy atom. The number of sulfonamides is 1. The highest BCUT2D eigenvalue weighted by atomic mass is 32.2. The minimum absolute atomic E-state index is 0.0182. The van der Waals surface area contributed by atoms with Gasteiger partial charge in [0.2, 0.25) is 16.0 Å². The van der Waals surface area contributed by atoms with E-state index in [-0.39, 0.29) is 24.3 Å². The Balaban J connectivity index is 2.02. The van der Waals surface area contributed by atoms with E-state index in [9.17, 15) is 17.6 Å².